The van der Waals surface area contributed by atoms with E-state index in [2.05, 4.69) is 10.1 Å². The third-order valence-electron chi connectivity index (χ3n) is 2.71. The van der Waals surface area contributed by atoms with Gasteiger partial charge in [-0.1, -0.05) is 18.9 Å². The molecule has 0 fully saturated rings. The number of carbonyl (C=O) groups excluding carboxylic acids is 1. The molecular formula is C14H19F3N2O2. The van der Waals surface area contributed by atoms with Crippen molar-refractivity contribution in [2.75, 3.05) is 11.9 Å². The Labute approximate surface area is 121 Å². The van der Waals surface area contributed by atoms with Gasteiger partial charge in [0.15, 0.2) is 0 Å². The molecule has 0 spiro atoms. The highest BCUT2D eigenvalue weighted by atomic mass is 19.4. The van der Waals surface area contributed by atoms with E-state index in [0.717, 1.165) is 31.7 Å². The molecule has 0 unspecified atom stereocenters. The molecule has 0 saturated carbocycles. The van der Waals surface area contributed by atoms with E-state index in [9.17, 15) is 18.0 Å². The van der Waals surface area contributed by atoms with Gasteiger partial charge in [-0.25, -0.2) is 0 Å². The van der Waals surface area contributed by atoms with Gasteiger partial charge in [-0.3, -0.25) is 4.79 Å². The van der Waals surface area contributed by atoms with Gasteiger partial charge in [-0.2, -0.15) is 0 Å². The number of hydrogen-bond donors (Lipinski definition) is 2. The van der Waals surface area contributed by atoms with E-state index in [0.29, 0.717) is 13.0 Å². The summed E-state index contributed by atoms with van der Waals surface area (Å²) in [5.41, 5.74) is 5.64. The van der Waals surface area contributed by atoms with Crippen LogP contribution in [0.5, 0.6) is 5.75 Å². The molecule has 0 aliphatic heterocycles. The van der Waals surface area contributed by atoms with Crippen LogP contribution in [-0.4, -0.2) is 18.8 Å². The lowest BCUT2D eigenvalue weighted by Crippen LogP contribution is -2.17. The Morgan fingerprint density at radius 1 is 1.19 bits per heavy atom. The average Bonchev–Trinajstić information content (AvgIpc) is 2.37. The third kappa shape index (κ3) is 8.19. The second kappa shape index (κ2) is 8.51. The predicted molar refractivity (Wildman–Crippen MR) is 73.9 cm³/mol. The molecule has 0 saturated heterocycles. The Kier molecular flexibility index (Phi) is 7.01. The van der Waals surface area contributed by atoms with Gasteiger partial charge < -0.3 is 15.8 Å². The number of carbonyl (C=O) groups is 1. The molecule has 0 bridgehead atoms. The number of ether oxygens (including phenoxy) is 1. The number of alkyl halides is 3. The zero-order valence-electron chi connectivity index (χ0n) is 11.6. The predicted octanol–water partition coefficient (Wildman–Crippen LogP) is 3.43. The third-order valence-corrected chi connectivity index (χ3v) is 2.71. The number of hydrogen-bond acceptors (Lipinski definition) is 3. The van der Waals surface area contributed by atoms with Gasteiger partial charge in [0, 0.05) is 18.2 Å². The number of halogens is 3. The number of amides is 1. The van der Waals surface area contributed by atoms with Gasteiger partial charge in [0.1, 0.15) is 5.75 Å². The van der Waals surface area contributed by atoms with Crippen molar-refractivity contribution in [2.45, 2.75) is 38.5 Å². The number of nitrogens with two attached hydrogens (primary N) is 1. The van der Waals surface area contributed by atoms with E-state index in [4.69, 9.17) is 5.73 Å². The topological polar surface area (TPSA) is 64.4 Å². The smallest absolute Gasteiger partial charge is 0.406 e. The molecule has 118 valence electrons. The first-order chi connectivity index (χ1) is 9.90. The highest BCUT2D eigenvalue weighted by Gasteiger charge is 2.31. The fourth-order valence-electron chi connectivity index (χ4n) is 1.78. The number of anilines is 1. The minimum absolute atomic E-state index is 0.230. The lowest BCUT2D eigenvalue weighted by molar-refractivity contribution is -0.274. The van der Waals surface area contributed by atoms with Crippen LogP contribution in [0, 0.1) is 0 Å². The lowest BCUT2D eigenvalue weighted by atomic mass is 10.1. The molecule has 1 rings (SSSR count). The van der Waals surface area contributed by atoms with E-state index in [1.807, 2.05) is 0 Å². The molecule has 0 aliphatic carbocycles. The summed E-state index contributed by atoms with van der Waals surface area (Å²) in [5.74, 6) is -0.588. The molecule has 7 heteroatoms. The van der Waals surface area contributed by atoms with Crippen LogP contribution < -0.4 is 15.8 Å². The van der Waals surface area contributed by atoms with Crippen molar-refractivity contribution in [3.05, 3.63) is 24.3 Å². The van der Waals surface area contributed by atoms with E-state index in [1.54, 1.807) is 0 Å². The summed E-state index contributed by atoms with van der Waals surface area (Å²) in [6, 6.07) is 5.21. The van der Waals surface area contributed by atoms with Crippen molar-refractivity contribution in [3.63, 3.8) is 0 Å². The number of nitrogens with one attached hydrogen (secondary N) is 1. The van der Waals surface area contributed by atoms with Crippen molar-refractivity contribution in [1.82, 2.24) is 0 Å². The van der Waals surface area contributed by atoms with Crippen LogP contribution in [0.3, 0.4) is 0 Å². The van der Waals surface area contributed by atoms with Crippen LogP contribution in [0.1, 0.15) is 32.1 Å². The summed E-state index contributed by atoms with van der Waals surface area (Å²) in [5, 5.41) is 2.55. The zero-order valence-corrected chi connectivity index (χ0v) is 11.6. The van der Waals surface area contributed by atoms with Gasteiger partial charge in [0.2, 0.25) is 5.91 Å². The highest BCUT2D eigenvalue weighted by Crippen LogP contribution is 2.25. The first kappa shape index (κ1) is 17.3. The van der Waals surface area contributed by atoms with E-state index in [-0.39, 0.29) is 17.3 Å². The summed E-state index contributed by atoms with van der Waals surface area (Å²) in [4.78, 5) is 11.6. The quantitative estimate of drug-likeness (QED) is 0.723. The van der Waals surface area contributed by atoms with Crippen molar-refractivity contribution in [1.29, 1.82) is 0 Å². The van der Waals surface area contributed by atoms with Crippen molar-refractivity contribution in [2.24, 2.45) is 5.73 Å². The van der Waals surface area contributed by atoms with Crippen molar-refractivity contribution < 1.29 is 22.7 Å². The molecule has 4 nitrogen and oxygen atoms in total. The van der Waals surface area contributed by atoms with Crippen molar-refractivity contribution >= 4 is 11.6 Å². The first-order valence-electron chi connectivity index (χ1n) is 6.76. The Balaban J connectivity index is 2.40. The highest BCUT2D eigenvalue weighted by molar-refractivity contribution is 5.90. The molecule has 0 aromatic heterocycles. The minimum atomic E-state index is -4.74. The summed E-state index contributed by atoms with van der Waals surface area (Å²) in [6.07, 6.45) is -0.885. The average molecular weight is 304 g/mol. The maximum Gasteiger partial charge on any atom is 0.573 e. The largest absolute Gasteiger partial charge is 0.573 e. The monoisotopic (exact) mass is 304 g/mol. The number of rotatable bonds is 8. The molecule has 1 amide bonds. The molecule has 21 heavy (non-hydrogen) atoms. The lowest BCUT2D eigenvalue weighted by Gasteiger charge is -2.10. The molecule has 3 N–H and O–H groups in total. The van der Waals surface area contributed by atoms with Gasteiger partial charge in [0.25, 0.3) is 0 Å². The Morgan fingerprint density at radius 3 is 2.57 bits per heavy atom. The second-order valence-corrected chi connectivity index (χ2v) is 4.58. The normalized spacial score (nSPS) is 11.2. The van der Waals surface area contributed by atoms with Crippen LogP contribution in [-0.2, 0) is 4.79 Å². The molecule has 0 atom stereocenters. The molecule has 1 aromatic carbocycles. The van der Waals surface area contributed by atoms with Crippen LogP contribution in [0.4, 0.5) is 18.9 Å². The fraction of sp³-hybridized carbons (Fsp3) is 0.500. The van der Waals surface area contributed by atoms with Crippen LogP contribution >= 0.6 is 0 Å². The summed E-state index contributed by atoms with van der Waals surface area (Å²) >= 11 is 0. The van der Waals surface area contributed by atoms with E-state index >= 15 is 0 Å². The van der Waals surface area contributed by atoms with Gasteiger partial charge in [-0.05, 0) is 31.5 Å². The summed E-state index contributed by atoms with van der Waals surface area (Å²) < 4.78 is 40.0. The minimum Gasteiger partial charge on any atom is -0.406 e. The molecular weight excluding hydrogens is 285 g/mol. The van der Waals surface area contributed by atoms with Crippen LogP contribution in [0.2, 0.25) is 0 Å². The molecule has 0 radical (unpaired) electrons. The maximum absolute atomic E-state index is 12.1. The zero-order chi connectivity index (χ0) is 15.7. The first-order valence-corrected chi connectivity index (χ1v) is 6.76. The summed E-state index contributed by atoms with van der Waals surface area (Å²) in [7, 11) is 0. The SMILES string of the molecule is NCCCCCCC(=O)Nc1cccc(OC(F)(F)F)c1. The van der Waals surface area contributed by atoms with E-state index < -0.39 is 6.36 Å². The number of unbranched alkanes of at least 4 members (excludes halogenated alkanes) is 3. The second-order valence-electron chi connectivity index (χ2n) is 4.58. The molecule has 1 aromatic rings. The summed E-state index contributed by atoms with van der Waals surface area (Å²) in [6.45, 7) is 0.637. The van der Waals surface area contributed by atoms with E-state index in [1.165, 1.54) is 18.2 Å². The van der Waals surface area contributed by atoms with Crippen molar-refractivity contribution in [3.8, 4) is 5.75 Å². The standard InChI is InChI=1S/C14H19F3N2O2/c15-14(16,17)21-12-7-5-6-11(10-12)19-13(20)8-3-1-2-4-9-18/h5-7,10H,1-4,8-9,18H2,(H,19,20). The van der Waals surface area contributed by atoms with Crippen LogP contribution in [0.15, 0.2) is 24.3 Å². The van der Waals surface area contributed by atoms with Gasteiger partial charge in [-0.15, -0.1) is 13.2 Å². The number of benzene rings is 1. The molecule has 0 heterocycles. The Hall–Kier alpha value is -1.76. The Bertz CT molecular complexity index is 450. The van der Waals surface area contributed by atoms with Gasteiger partial charge >= 0.3 is 6.36 Å². The Morgan fingerprint density at radius 2 is 1.90 bits per heavy atom. The fourth-order valence-corrected chi connectivity index (χ4v) is 1.78. The molecule has 0 aliphatic rings. The van der Waals surface area contributed by atoms with Gasteiger partial charge in [0.05, 0.1) is 0 Å². The van der Waals surface area contributed by atoms with Crippen LogP contribution in [0.25, 0.3) is 0 Å². The maximum atomic E-state index is 12.1.